The molecule has 0 spiro atoms. The zero-order valence-corrected chi connectivity index (χ0v) is 7.37. The molecule has 0 bridgehead atoms. The second-order valence-electron chi connectivity index (χ2n) is 3.05. The van der Waals surface area contributed by atoms with Crippen molar-refractivity contribution in [1.29, 1.82) is 0 Å². The molecule has 0 atom stereocenters. The van der Waals surface area contributed by atoms with Crippen molar-refractivity contribution < 1.29 is 18.7 Å². The van der Waals surface area contributed by atoms with E-state index in [0.29, 0.717) is 5.39 Å². The first-order valence-corrected chi connectivity index (χ1v) is 4.00. The normalized spacial score (nSPS) is 10.7. The van der Waals surface area contributed by atoms with E-state index >= 15 is 0 Å². The maximum absolute atomic E-state index is 13.0. The summed E-state index contributed by atoms with van der Waals surface area (Å²) in [5, 5.41) is 9.29. The molecule has 0 saturated heterocycles. The Hall–Kier alpha value is -1.84. The van der Waals surface area contributed by atoms with Crippen molar-refractivity contribution in [3.8, 4) is 0 Å². The van der Waals surface area contributed by atoms with Crippen molar-refractivity contribution in [2.45, 2.75) is 6.92 Å². The summed E-state index contributed by atoms with van der Waals surface area (Å²) in [5.41, 5.74) is 0.798. The molecule has 0 radical (unpaired) electrons. The number of aryl methyl sites for hydroxylation is 1. The second-order valence-corrected chi connectivity index (χ2v) is 3.05. The quantitative estimate of drug-likeness (QED) is 0.758. The fourth-order valence-corrected chi connectivity index (χ4v) is 1.38. The number of carboxylic acids is 1. The average molecular weight is 194 g/mol. The van der Waals surface area contributed by atoms with Gasteiger partial charge in [0.25, 0.3) is 0 Å². The minimum Gasteiger partial charge on any atom is -0.478 e. The molecule has 72 valence electrons. The van der Waals surface area contributed by atoms with Gasteiger partial charge in [-0.25, -0.2) is 9.18 Å². The second kappa shape index (κ2) is 2.83. The third-order valence-corrected chi connectivity index (χ3v) is 2.06. The first kappa shape index (κ1) is 8.74. The van der Waals surface area contributed by atoms with E-state index in [2.05, 4.69) is 0 Å². The Kier molecular flexibility index (Phi) is 1.77. The predicted octanol–water partition coefficient (Wildman–Crippen LogP) is 2.58. The number of halogens is 1. The molecule has 14 heavy (non-hydrogen) atoms. The van der Waals surface area contributed by atoms with Crippen LogP contribution in [0.3, 0.4) is 0 Å². The van der Waals surface area contributed by atoms with Crippen molar-refractivity contribution in [3.05, 3.63) is 35.3 Å². The molecule has 2 rings (SSSR count). The molecule has 0 aliphatic heterocycles. The van der Waals surface area contributed by atoms with E-state index < -0.39 is 11.8 Å². The number of benzene rings is 1. The third kappa shape index (κ3) is 1.16. The Balaban J connectivity index is 2.88. The topological polar surface area (TPSA) is 50.4 Å². The predicted molar refractivity (Wildman–Crippen MR) is 47.9 cm³/mol. The lowest BCUT2D eigenvalue weighted by Crippen LogP contribution is -1.97. The van der Waals surface area contributed by atoms with Gasteiger partial charge < -0.3 is 9.52 Å². The van der Waals surface area contributed by atoms with Gasteiger partial charge in [-0.1, -0.05) is 0 Å². The van der Waals surface area contributed by atoms with Crippen LogP contribution in [0.25, 0.3) is 11.0 Å². The first-order chi connectivity index (χ1) is 6.59. The van der Waals surface area contributed by atoms with E-state index in [0.717, 1.165) is 11.6 Å². The fraction of sp³-hybridized carbons (Fsp3) is 0.100. The Labute approximate surface area is 78.8 Å². The van der Waals surface area contributed by atoms with Gasteiger partial charge in [0.1, 0.15) is 17.0 Å². The number of hydrogen-bond acceptors (Lipinski definition) is 2. The lowest BCUT2D eigenvalue weighted by molar-refractivity contribution is 0.0697. The lowest BCUT2D eigenvalue weighted by Gasteiger charge is -1.96. The van der Waals surface area contributed by atoms with Crippen LogP contribution < -0.4 is 0 Å². The van der Waals surface area contributed by atoms with Crippen LogP contribution in [0.1, 0.15) is 15.9 Å². The molecule has 4 heteroatoms. The number of carboxylic acid groups (broad SMARTS) is 1. The molecule has 1 aromatic heterocycles. The van der Waals surface area contributed by atoms with Gasteiger partial charge >= 0.3 is 5.97 Å². The van der Waals surface area contributed by atoms with Crippen LogP contribution in [0.15, 0.2) is 22.8 Å². The maximum atomic E-state index is 13.0. The maximum Gasteiger partial charge on any atom is 0.339 e. The van der Waals surface area contributed by atoms with Gasteiger partial charge in [0.15, 0.2) is 0 Å². The molecule has 0 amide bonds. The van der Waals surface area contributed by atoms with Crippen molar-refractivity contribution in [3.63, 3.8) is 0 Å². The molecule has 0 saturated carbocycles. The van der Waals surface area contributed by atoms with Crippen LogP contribution in [0.5, 0.6) is 0 Å². The van der Waals surface area contributed by atoms with E-state index in [9.17, 15) is 9.18 Å². The van der Waals surface area contributed by atoms with Crippen molar-refractivity contribution in [2.24, 2.45) is 0 Å². The SMILES string of the molecule is Cc1coc2c(C(=O)O)cc(F)cc12. The highest BCUT2D eigenvalue weighted by molar-refractivity contribution is 6.01. The minimum atomic E-state index is -1.19. The number of carbonyl (C=O) groups is 1. The molecule has 0 fully saturated rings. The molecular formula is C10H7FO3. The molecule has 1 aromatic carbocycles. The molecule has 1 heterocycles. The van der Waals surface area contributed by atoms with E-state index in [-0.39, 0.29) is 11.1 Å². The Morgan fingerprint density at radius 1 is 1.50 bits per heavy atom. The van der Waals surface area contributed by atoms with Gasteiger partial charge in [-0.15, -0.1) is 0 Å². The number of hydrogen-bond donors (Lipinski definition) is 1. The van der Waals surface area contributed by atoms with E-state index in [1.165, 1.54) is 12.3 Å². The van der Waals surface area contributed by atoms with Crippen LogP contribution in [0, 0.1) is 12.7 Å². The first-order valence-electron chi connectivity index (χ1n) is 4.00. The van der Waals surface area contributed by atoms with Crippen LogP contribution >= 0.6 is 0 Å². The zero-order valence-electron chi connectivity index (χ0n) is 7.37. The van der Waals surface area contributed by atoms with E-state index in [1.54, 1.807) is 6.92 Å². The summed E-state index contributed by atoms with van der Waals surface area (Å²) in [6, 6.07) is 2.22. The standard InChI is InChI=1S/C10H7FO3/c1-5-4-14-9-7(5)2-6(11)3-8(9)10(12)13/h2-4H,1H3,(H,12,13). The van der Waals surface area contributed by atoms with Gasteiger partial charge in [-0.2, -0.15) is 0 Å². The lowest BCUT2D eigenvalue weighted by atomic mass is 10.1. The van der Waals surface area contributed by atoms with Crippen molar-refractivity contribution >= 4 is 16.9 Å². The van der Waals surface area contributed by atoms with Gasteiger partial charge in [0.2, 0.25) is 0 Å². The summed E-state index contributed by atoms with van der Waals surface area (Å²) >= 11 is 0. The largest absolute Gasteiger partial charge is 0.478 e. The molecule has 0 unspecified atom stereocenters. The van der Waals surface area contributed by atoms with Crippen LogP contribution in [-0.2, 0) is 0 Å². The number of fused-ring (bicyclic) bond motifs is 1. The summed E-state index contributed by atoms with van der Waals surface area (Å²) in [6.45, 7) is 1.73. The zero-order chi connectivity index (χ0) is 10.3. The molecular weight excluding hydrogens is 187 g/mol. The highest BCUT2D eigenvalue weighted by atomic mass is 19.1. The summed E-state index contributed by atoms with van der Waals surface area (Å²) in [6.07, 6.45) is 1.41. The summed E-state index contributed by atoms with van der Waals surface area (Å²) in [4.78, 5) is 10.7. The Bertz CT molecular complexity index is 513. The molecule has 0 aliphatic rings. The van der Waals surface area contributed by atoms with Crippen LogP contribution in [0.4, 0.5) is 4.39 Å². The third-order valence-electron chi connectivity index (χ3n) is 2.06. The summed E-state index contributed by atoms with van der Waals surface area (Å²) in [7, 11) is 0. The average Bonchev–Trinajstić information content (AvgIpc) is 2.47. The van der Waals surface area contributed by atoms with Crippen molar-refractivity contribution in [2.75, 3.05) is 0 Å². The number of aromatic carboxylic acids is 1. The van der Waals surface area contributed by atoms with Crippen LogP contribution in [-0.4, -0.2) is 11.1 Å². The Morgan fingerprint density at radius 3 is 2.86 bits per heavy atom. The van der Waals surface area contributed by atoms with Gasteiger partial charge in [-0.05, 0) is 24.6 Å². The molecule has 2 aromatic rings. The highest BCUT2D eigenvalue weighted by Gasteiger charge is 2.14. The van der Waals surface area contributed by atoms with Gasteiger partial charge in [-0.3, -0.25) is 0 Å². The minimum absolute atomic E-state index is 0.145. The van der Waals surface area contributed by atoms with Gasteiger partial charge in [0, 0.05) is 5.39 Å². The summed E-state index contributed by atoms with van der Waals surface area (Å²) in [5.74, 6) is -1.76. The number of furan rings is 1. The number of rotatable bonds is 1. The Morgan fingerprint density at radius 2 is 2.21 bits per heavy atom. The molecule has 3 nitrogen and oxygen atoms in total. The monoisotopic (exact) mass is 194 g/mol. The van der Waals surface area contributed by atoms with Gasteiger partial charge in [0.05, 0.1) is 6.26 Å². The van der Waals surface area contributed by atoms with E-state index in [4.69, 9.17) is 9.52 Å². The molecule has 1 N–H and O–H groups in total. The highest BCUT2D eigenvalue weighted by Crippen LogP contribution is 2.25. The summed E-state index contributed by atoms with van der Waals surface area (Å²) < 4.78 is 18.1. The fourth-order valence-electron chi connectivity index (χ4n) is 1.38. The van der Waals surface area contributed by atoms with E-state index in [1.807, 2.05) is 0 Å². The molecule has 0 aliphatic carbocycles. The van der Waals surface area contributed by atoms with Crippen molar-refractivity contribution in [1.82, 2.24) is 0 Å². The van der Waals surface area contributed by atoms with Crippen LogP contribution in [0.2, 0.25) is 0 Å². The smallest absolute Gasteiger partial charge is 0.339 e.